The fourth-order valence-electron chi connectivity index (χ4n) is 2.96. The van der Waals surface area contributed by atoms with Crippen LogP contribution in [-0.4, -0.2) is 25.9 Å². The smallest absolute Gasteiger partial charge is 0.168 e. The first-order chi connectivity index (χ1) is 15.9. The van der Waals surface area contributed by atoms with Crippen LogP contribution in [0.2, 0.25) is 10.0 Å². The predicted octanol–water partition coefficient (Wildman–Crippen LogP) is 7.16. The van der Waals surface area contributed by atoms with Gasteiger partial charge in [-0.1, -0.05) is 47.1 Å². The van der Waals surface area contributed by atoms with Crippen LogP contribution in [0.15, 0.2) is 66.5 Å². The highest BCUT2D eigenvalue weighted by Gasteiger charge is 2.13. The maximum atomic E-state index is 14.1. The number of hydrogen-bond donors (Lipinski definition) is 0. The Morgan fingerprint density at radius 2 is 1.48 bits per heavy atom. The first-order valence-electron chi connectivity index (χ1n) is 9.41. The first kappa shape index (κ1) is 24.1. The Kier molecular flexibility index (Phi) is 7.62. The van der Waals surface area contributed by atoms with Gasteiger partial charge in [0.2, 0.25) is 0 Å². The van der Waals surface area contributed by atoms with Gasteiger partial charge in [-0.05, 0) is 52.4 Å². The van der Waals surface area contributed by atoms with Gasteiger partial charge in [0.05, 0.1) is 17.2 Å². The molecule has 0 atom stereocenters. The number of halogens is 5. The Morgan fingerprint density at radius 3 is 2.12 bits per heavy atom. The molecule has 0 spiro atoms. The van der Waals surface area contributed by atoms with E-state index in [0.717, 1.165) is 11.3 Å². The molecule has 4 heterocycles. The van der Waals surface area contributed by atoms with E-state index in [4.69, 9.17) is 27.9 Å². The minimum atomic E-state index is -0.436. The van der Waals surface area contributed by atoms with Gasteiger partial charge in [-0.25, -0.2) is 18.7 Å². The summed E-state index contributed by atoms with van der Waals surface area (Å²) in [6.07, 6.45) is 6.52. The van der Waals surface area contributed by atoms with Crippen molar-refractivity contribution in [3.05, 3.63) is 92.4 Å². The van der Waals surface area contributed by atoms with E-state index in [1.807, 2.05) is 46.9 Å². The van der Waals surface area contributed by atoms with Crippen LogP contribution in [0, 0.1) is 15.3 Å². The number of aromatic nitrogens is 4. The number of fused-ring (bicyclic) bond motifs is 2. The molecule has 0 aliphatic rings. The van der Waals surface area contributed by atoms with Crippen LogP contribution in [0.25, 0.3) is 11.0 Å². The predicted molar refractivity (Wildman–Crippen MR) is 136 cm³/mol. The number of pyridine rings is 2. The number of nitrogens with zero attached hydrogens (tertiary/aromatic N) is 4. The molecular formula is C22H15Cl2F2IN4OS. The van der Waals surface area contributed by atoms with Crippen molar-refractivity contribution in [3.63, 3.8) is 0 Å². The van der Waals surface area contributed by atoms with Gasteiger partial charge in [-0.3, -0.25) is 0 Å². The average Bonchev–Trinajstić information content (AvgIpc) is 3.42. The highest BCUT2D eigenvalue weighted by Crippen LogP contribution is 2.30. The molecule has 0 unspecified atom stereocenters. The topological polar surface area (TPSA) is 43.8 Å². The molecule has 0 bridgehead atoms. The van der Waals surface area contributed by atoms with Gasteiger partial charge in [-0.2, -0.15) is 0 Å². The lowest BCUT2D eigenvalue weighted by atomic mass is 10.2. The first-order valence-corrected chi connectivity index (χ1v) is 12.2. The fourth-order valence-corrected chi connectivity index (χ4v) is 4.84. The largest absolute Gasteiger partial charge is 0.497 e. The Hall–Kier alpha value is -2.08. The minimum absolute atomic E-state index is 0.106. The lowest BCUT2D eigenvalue weighted by Gasteiger charge is -2.04. The number of rotatable bonds is 4. The second kappa shape index (κ2) is 10.5. The Labute approximate surface area is 215 Å². The van der Waals surface area contributed by atoms with E-state index in [1.54, 1.807) is 41.0 Å². The SMILES string of the molecule is COc1ccc(CSc2ncn3ccc(Cl)c(F)c23)cc1.Fc1c(Cl)ccn2cnc(I)c12. The normalized spacial score (nSPS) is 11.0. The lowest BCUT2D eigenvalue weighted by Crippen LogP contribution is -1.89. The van der Waals surface area contributed by atoms with Gasteiger partial charge >= 0.3 is 0 Å². The Morgan fingerprint density at radius 1 is 0.909 bits per heavy atom. The third kappa shape index (κ3) is 5.21. The van der Waals surface area contributed by atoms with Crippen LogP contribution in [0.3, 0.4) is 0 Å². The van der Waals surface area contributed by atoms with Crippen LogP contribution in [0.5, 0.6) is 5.75 Å². The highest BCUT2D eigenvalue weighted by molar-refractivity contribution is 14.1. The van der Waals surface area contributed by atoms with E-state index in [9.17, 15) is 8.78 Å². The van der Waals surface area contributed by atoms with Crippen molar-refractivity contribution < 1.29 is 13.5 Å². The van der Waals surface area contributed by atoms with E-state index in [2.05, 4.69) is 9.97 Å². The summed E-state index contributed by atoms with van der Waals surface area (Å²) in [5.41, 5.74) is 1.97. The van der Waals surface area contributed by atoms with Crippen LogP contribution in [-0.2, 0) is 5.75 Å². The van der Waals surface area contributed by atoms with Gasteiger partial charge in [0.1, 0.15) is 38.2 Å². The van der Waals surface area contributed by atoms with Gasteiger partial charge in [0, 0.05) is 18.1 Å². The molecule has 0 saturated carbocycles. The van der Waals surface area contributed by atoms with Crippen molar-refractivity contribution in [2.75, 3.05) is 7.11 Å². The summed E-state index contributed by atoms with van der Waals surface area (Å²) >= 11 is 14.9. The van der Waals surface area contributed by atoms with E-state index in [0.29, 0.717) is 25.5 Å². The maximum Gasteiger partial charge on any atom is 0.168 e. The van der Waals surface area contributed by atoms with Gasteiger partial charge in [-0.15, -0.1) is 0 Å². The monoisotopic (exact) mass is 618 g/mol. The molecule has 4 aromatic heterocycles. The molecule has 0 radical (unpaired) electrons. The van der Waals surface area contributed by atoms with Crippen LogP contribution in [0.1, 0.15) is 5.56 Å². The molecule has 33 heavy (non-hydrogen) atoms. The highest BCUT2D eigenvalue weighted by atomic mass is 127. The molecule has 170 valence electrons. The van der Waals surface area contributed by atoms with Crippen LogP contribution < -0.4 is 4.74 Å². The lowest BCUT2D eigenvalue weighted by molar-refractivity contribution is 0.414. The molecule has 5 aromatic rings. The van der Waals surface area contributed by atoms with Crippen molar-refractivity contribution in [1.29, 1.82) is 0 Å². The summed E-state index contributed by atoms with van der Waals surface area (Å²) in [5, 5.41) is 0.862. The summed E-state index contributed by atoms with van der Waals surface area (Å²) in [7, 11) is 1.63. The molecule has 5 rings (SSSR count). The zero-order valence-electron chi connectivity index (χ0n) is 17.0. The average molecular weight is 619 g/mol. The van der Waals surface area contributed by atoms with Gasteiger partial charge in [0.15, 0.2) is 11.6 Å². The molecule has 0 aliphatic heterocycles. The summed E-state index contributed by atoms with van der Waals surface area (Å²) in [6.45, 7) is 0. The molecule has 5 nitrogen and oxygen atoms in total. The zero-order valence-corrected chi connectivity index (χ0v) is 21.5. The zero-order chi connectivity index (χ0) is 23.5. The number of methoxy groups -OCH3 is 1. The summed E-state index contributed by atoms with van der Waals surface area (Å²) in [6, 6.07) is 10.8. The molecule has 1 aromatic carbocycles. The third-order valence-corrected chi connectivity index (χ3v) is 7.07. The third-order valence-electron chi connectivity index (χ3n) is 4.64. The minimum Gasteiger partial charge on any atom is -0.497 e. The second-order valence-electron chi connectivity index (χ2n) is 6.69. The molecule has 0 amide bonds. The maximum absolute atomic E-state index is 14.1. The molecule has 0 N–H and O–H groups in total. The van der Waals surface area contributed by atoms with Crippen molar-refractivity contribution in [2.45, 2.75) is 10.8 Å². The van der Waals surface area contributed by atoms with Crippen LogP contribution in [0.4, 0.5) is 8.78 Å². The van der Waals surface area contributed by atoms with Crippen molar-refractivity contribution >= 4 is 68.6 Å². The second-order valence-corrected chi connectivity index (χ2v) is 9.49. The molecule has 0 aliphatic carbocycles. The van der Waals surface area contributed by atoms with Crippen molar-refractivity contribution in [3.8, 4) is 5.75 Å². The summed E-state index contributed by atoms with van der Waals surface area (Å²) < 4.78 is 36.4. The fraction of sp³-hybridized carbons (Fsp3) is 0.0909. The van der Waals surface area contributed by atoms with E-state index in [1.165, 1.54) is 23.9 Å². The van der Waals surface area contributed by atoms with Crippen molar-refractivity contribution in [1.82, 2.24) is 18.8 Å². The standard InChI is InChI=1S/C15H12ClFN2OS.C7H3ClFIN2/c1-20-11-4-2-10(3-5-11)8-21-15-14-13(17)12(16)6-7-19(14)9-18-15;8-4-1-2-12-3-11-7(10)6(12)5(4)9/h2-7,9H,8H2,1H3;1-3H. The summed E-state index contributed by atoms with van der Waals surface area (Å²) in [4.78, 5) is 8.20. The molecule has 0 fully saturated rings. The van der Waals surface area contributed by atoms with Gasteiger partial charge < -0.3 is 13.5 Å². The Balaban J connectivity index is 0.000000183. The van der Waals surface area contributed by atoms with Gasteiger partial charge in [0.25, 0.3) is 0 Å². The van der Waals surface area contributed by atoms with Crippen molar-refractivity contribution in [2.24, 2.45) is 0 Å². The number of hydrogen-bond acceptors (Lipinski definition) is 4. The molecule has 11 heteroatoms. The molecular weight excluding hydrogens is 604 g/mol. The van der Waals surface area contributed by atoms with Crippen LogP contribution >= 0.6 is 57.6 Å². The van der Waals surface area contributed by atoms with E-state index in [-0.39, 0.29) is 10.0 Å². The quantitative estimate of drug-likeness (QED) is 0.158. The molecule has 0 saturated heterocycles. The van der Waals surface area contributed by atoms with E-state index >= 15 is 0 Å². The number of benzene rings is 1. The van der Waals surface area contributed by atoms with E-state index < -0.39 is 11.6 Å². The number of imidazole rings is 2. The Bertz CT molecular complexity index is 1430. The number of thioether (sulfide) groups is 1. The summed E-state index contributed by atoms with van der Waals surface area (Å²) in [5.74, 6) is 0.659. The number of ether oxygens (including phenoxy) is 1.